The maximum absolute atomic E-state index is 12.7. The van der Waals surface area contributed by atoms with E-state index in [1.54, 1.807) is 31.4 Å². The molecule has 0 amide bonds. The van der Waals surface area contributed by atoms with Crippen LogP contribution in [0.2, 0.25) is 5.02 Å². The van der Waals surface area contributed by atoms with E-state index in [2.05, 4.69) is 6.07 Å². The van der Waals surface area contributed by atoms with Crippen LogP contribution >= 0.6 is 11.6 Å². The number of hydrogen-bond acceptors (Lipinski definition) is 6. The van der Waals surface area contributed by atoms with Crippen LogP contribution in [0.15, 0.2) is 65.3 Å². The number of hydrogen-bond donors (Lipinski definition) is 1. The number of ketones is 1. The molecule has 0 saturated carbocycles. The standard InChI is InChI=1S/C24H21ClN2O4/c1-29-19-10-7-15(11-21(19)30-13-14-5-8-16(25)9-6-14)22-17(12-26)24(27)31-20-4-2-3-18(28)23(20)22/h5-11,22H,2-4,13,27H2,1H3. The third kappa shape index (κ3) is 4.10. The maximum Gasteiger partial charge on any atom is 0.205 e. The van der Waals surface area contributed by atoms with Gasteiger partial charge in [-0.2, -0.15) is 5.26 Å². The van der Waals surface area contributed by atoms with Crippen molar-refractivity contribution in [3.8, 4) is 17.6 Å². The van der Waals surface area contributed by atoms with Crippen molar-refractivity contribution >= 4 is 17.4 Å². The number of carbonyl (C=O) groups excluding carboxylic acids is 1. The minimum absolute atomic E-state index is 0.0223. The molecule has 1 atom stereocenters. The van der Waals surface area contributed by atoms with Crippen molar-refractivity contribution in [2.45, 2.75) is 31.8 Å². The van der Waals surface area contributed by atoms with Gasteiger partial charge >= 0.3 is 0 Å². The molecule has 1 heterocycles. The zero-order valence-corrected chi connectivity index (χ0v) is 17.7. The van der Waals surface area contributed by atoms with Gasteiger partial charge in [-0.05, 0) is 41.8 Å². The van der Waals surface area contributed by atoms with Crippen LogP contribution in [0.4, 0.5) is 0 Å². The Kier molecular flexibility index (Phi) is 5.88. The fraction of sp³-hybridized carbons (Fsp3) is 0.250. The molecule has 158 valence electrons. The average Bonchev–Trinajstić information content (AvgIpc) is 2.77. The van der Waals surface area contributed by atoms with Crippen LogP contribution in [-0.4, -0.2) is 12.9 Å². The first kappa shape index (κ1) is 20.8. The van der Waals surface area contributed by atoms with Crippen LogP contribution < -0.4 is 15.2 Å². The minimum atomic E-state index is -0.592. The Balaban J connectivity index is 1.72. The summed E-state index contributed by atoms with van der Waals surface area (Å²) in [4.78, 5) is 12.7. The van der Waals surface area contributed by atoms with Crippen molar-refractivity contribution in [1.29, 1.82) is 5.26 Å². The second-order valence-corrected chi connectivity index (χ2v) is 7.80. The number of methoxy groups -OCH3 is 1. The Bertz CT molecular complexity index is 1130. The van der Waals surface area contributed by atoms with Gasteiger partial charge in [0, 0.05) is 23.4 Å². The minimum Gasteiger partial charge on any atom is -0.493 e. The molecule has 0 bridgehead atoms. The number of benzene rings is 2. The van der Waals surface area contributed by atoms with E-state index in [1.165, 1.54) is 0 Å². The highest BCUT2D eigenvalue weighted by molar-refractivity contribution is 6.30. The number of ether oxygens (including phenoxy) is 3. The van der Waals surface area contributed by atoms with Gasteiger partial charge in [0.15, 0.2) is 17.3 Å². The monoisotopic (exact) mass is 436 g/mol. The second-order valence-electron chi connectivity index (χ2n) is 7.36. The highest BCUT2D eigenvalue weighted by atomic mass is 35.5. The van der Waals surface area contributed by atoms with Gasteiger partial charge in [0.1, 0.15) is 24.0 Å². The van der Waals surface area contributed by atoms with Crippen molar-refractivity contribution < 1.29 is 19.0 Å². The number of rotatable bonds is 5. The lowest BCUT2D eigenvalue weighted by Gasteiger charge is -2.31. The topological polar surface area (TPSA) is 94.6 Å². The van der Waals surface area contributed by atoms with E-state index in [4.69, 9.17) is 31.5 Å². The molecule has 0 aromatic heterocycles. The first-order valence-corrected chi connectivity index (χ1v) is 10.3. The normalized spacial score (nSPS) is 18.2. The van der Waals surface area contributed by atoms with Crippen molar-refractivity contribution in [1.82, 2.24) is 0 Å². The predicted octanol–water partition coefficient (Wildman–Crippen LogP) is 4.74. The fourth-order valence-electron chi connectivity index (χ4n) is 3.92. The number of nitriles is 1. The van der Waals surface area contributed by atoms with E-state index in [1.807, 2.05) is 18.2 Å². The van der Waals surface area contributed by atoms with Gasteiger partial charge in [-0.25, -0.2) is 0 Å². The first-order valence-electron chi connectivity index (χ1n) is 9.90. The molecule has 1 aliphatic carbocycles. The predicted molar refractivity (Wildman–Crippen MR) is 115 cm³/mol. The van der Waals surface area contributed by atoms with Gasteiger partial charge < -0.3 is 19.9 Å². The number of allylic oxidation sites excluding steroid dienone is 3. The third-order valence-electron chi connectivity index (χ3n) is 5.43. The summed E-state index contributed by atoms with van der Waals surface area (Å²) < 4.78 is 17.1. The van der Waals surface area contributed by atoms with Crippen LogP contribution in [0, 0.1) is 11.3 Å². The lowest BCUT2D eigenvalue weighted by Crippen LogP contribution is -2.27. The van der Waals surface area contributed by atoms with E-state index < -0.39 is 5.92 Å². The summed E-state index contributed by atoms with van der Waals surface area (Å²) in [6, 6.07) is 14.9. The SMILES string of the molecule is COc1ccc(C2C(C#N)=C(N)OC3=C2C(=O)CCC3)cc1OCc1ccc(Cl)cc1. The first-order chi connectivity index (χ1) is 15.0. The summed E-state index contributed by atoms with van der Waals surface area (Å²) in [6.07, 6.45) is 1.75. The van der Waals surface area contributed by atoms with Gasteiger partial charge in [-0.1, -0.05) is 29.8 Å². The average molecular weight is 437 g/mol. The highest BCUT2D eigenvalue weighted by Crippen LogP contribution is 2.45. The summed E-state index contributed by atoms with van der Waals surface area (Å²) >= 11 is 5.95. The summed E-state index contributed by atoms with van der Waals surface area (Å²) in [5.41, 5.74) is 8.43. The molecule has 7 heteroatoms. The highest BCUT2D eigenvalue weighted by Gasteiger charge is 2.38. The molecule has 0 saturated heterocycles. The molecular weight excluding hydrogens is 416 g/mol. The van der Waals surface area contributed by atoms with E-state index >= 15 is 0 Å². The zero-order valence-electron chi connectivity index (χ0n) is 17.0. The molecule has 2 aromatic carbocycles. The van der Waals surface area contributed by atoms with Crippen molar-refractivity contribution in [3.05, 3.63) is 81.4 Å². The molecule has 0 radical (unpaired) electrons. The van der Waals surface area contributed by atoms with Gasteiger partial charge in [0.2, 0.25) is 5.88 Å². The summed E-state index contributed by atoms with van der Waals surface area (Å²) in [5.74, 6) is 1.03. The summed E-state index contributed by atoms with van der Waals surface area (Å²) in [5, 5.41) is 10.4. The molecule has 0 fully saturated rings. The summed E-state index contributed by atoms with van der Waals surface area (Å²) in [7, 11) is 1.56. The molecular formula is C24H21ClN2O4. The number of halogens is 1. The number of carbonyl (C=O) groups is 1. The Morgan fingerprint density at radius 1 is 1.19 bits per heavy atom. The molecule has 2 N–H and O–H groups in total. The molecule has 0 spiro atoms. The molecule has 1 aliphatic heterocycles. The lowest BCUT2D eigenvalue weighted by molar-refractivity contribution is -0.116. The number of nitrogens with two attached hydrogens (primary N) is 1. The van der Waals surface area contributed by atoms with Gasteiger partial charge in [0.05, 0.1) is 13.0 Å². The van der Waals surface area contributed by atoms with Gasteiger partial charge in [0.25, 0.3) is 0 Å². The molecule has 6 nitrogen and oxygen atoms in total. The van der Waals surface area contributed by atoms with E-state index in [-0.39, 0.29) is 17.2 Å². The second kappa shape index (κ2) is 8.75. The van der Waals surface area contributed by atoms with Crippen LogP contribution in [0.1, 0.15) is 36.3 Å². The largest absolute Gasteiger partial charge is 0.493 e. The van der Waals surface area contributed by atoms with Gasteiger partial charge in [-0.15, -0.1) is 0 Å². The maximum atomic E-state index is 12.7. The zero-order chi connectivity index (χ0) is 22.0. The van der Waals surface area contributed by atoms with Crippen LogP contribution in [-0.2, 0) is 16.1 Å². The quantitative estimate of drug-likeness (QED) is 0.727. The van der Waals surface area contributed by atoms with Crippen LogP contribution in [0.25, 0.3) is 0 Å². The molecule has 2 aliphatic rings. The summed E-state index contributed by atoms with van der Waals surface area (Å²) in [6.45, 7) is 0.306. The number of Topliss-reactive ketones (excluding diaryl/α,β-unsaturated/α-hetero) is 1. The van der Waals surface area contributed by atoms with Gasteiger partial charge in [-0.3, -0.25) is 4.79 Å². The molecule has 31 heavy (non-hydrogen) atoms. The number of nitrogens with zero attached hydrogens (tertiary/aromatic N) is 1. The Morgan fingerprint density at radius 3 is 2.68 bits per heavy atom. The Labute approximate surface area is 185 Å². The van der Waals surface area contributed by atoms with E-state index in [0.29, 0.717) is 53.7 Å². The Hall–Kier alpha value is -3.43. The molecule has 2 aromatic rings. The van der Waals surface area contributed by atoms with Crippen molar-refractivity contribution in [3.63, 3.8) is 0 Å². The van der Waals surface area contributed by atoms with E-state index in [0.717, 1.165) is 11.1 Å². The molecule has 1 unspecified atom stereocenters. The lowest BCUT2D eigenvalue weighted by atomic mass is 9.77. The van der Waals surface area contributed by atoms with Crippen LogP contribution in [0.5, 0.6) is 11.5 Å². The third-order valence-corrected chi connectivity index (χ3v) is 5.69. The van der Waals surface area contributed by atoms with Crippen molar-refractivity contribution in [2.24, 2.45) is 5.73 Å². The molecule has 4 rings (SSSR count). The van der Waals surface area contributed by atoms with E-state index in [9.17, 15) is 10.1 Å². The van der Waals surface area contributed by atoms with Crippen molar-refractivity contribution in [2.75, 3.05) is 7.11 Å². The fourth-order valence-corrected chi connectivity index (χ4v) is 4.04. The Morgan fingerprint density at radius 2 is 1.97 bits per heavy atom. The van der Waals surface area contributed by atoms with Crippen LogP contribution in [0.3, 0.4) is 0 Å². The smallest absolute Gasteiger partial charge is 0.205 e.